The summed E-state index contributed by atoms with van der Waals surface area (Å²) in [5.41, 5.74) is 0.919. The van der Waals surface area contributed by atoms with Crippen LogP contribution in [0, 0.1) is 0 Å². The van der Waals surface area contributed by atoms with Crippen LogP contribution in [0.2, 0.25) is 0 Å². The van der Waals surface area contributed by atoms with Gasteiger partial charge in [0.05, 0.1) is 13.7 Å². The molecule has 2 aromatic rings. The molecule has 3 N–H and O–H groups in total. The standard InChI is InChI=1S/C19H20BrN3O5/c1-21-18(25)11-28-15-8-3-12(9-16(15)27-2)19(26)22-10-17(24)23-14-6-4-13(20)5-7-14/h3-9H,10-11H2,1-2H3,(H,21,25)(H,22,26)(H,23,24). The summed E-state index contributed by atoms with van der Waals surface area (Å²) in [4.78, 5) is 35.5. The van der Waals surface area contributed by atoms with Crippen molar-refractivity contribution in [1.82, 2.24) is 10.6 Å². The van der Waals surface area contributed by atoms with E-state index in [0.717, 1.165) is 4.47 Å². The minimum atomic E-state index is -0.442. The third-order valence-corrected chi connectivity index (χ3v) is 4.13. The van der Waals surface area contributed by atoms with E-state index in [1.807, 2.05) is 0 Å². The number of ether oxygens (including phenoxy) is 2. The third-order valence-electron chi connectivity index (χ3n) is 3.60. The molecule has 8 nitrogen and oxygen atoms in total. The fourth-order valence-electron chi connectivity index (χ4n) is 2.14. The second-order valence-corrected chi connectivity index (χ2v) is 6.48. The Kier molecular flexibility index (Phi) is 7.82. The molecule has 0 saturated heterocycles. The van der Waals surface area contributed by atoms with Gasteiger partial charge in [-0.3, -0.25) is 14.4 Å². The molecule has 3 amide bonds. The van der Waals surface area contributed by atoms with Gasteiger partial charge in [-0.1, -0.05) is 15.9 Å². The number of nitrogens with one attached hydrogen (secondary N) is 3. The van der Waals surface area contributed by atoms with Gasteiger partial charge in [0.25, 0.3) is 11.8 Å². The summed E-state index contributed by atoms with van der Waals surface area (Å²) in [6, 6.07) is 11.6. The number of rotatable bonds is 8. The Labute approximate surface area is 170 Å². The molecule has 0 unspecified atom stereocenters. The third kappa shape index (κ3) is 6.27. The van der Waals surface area contributed by atoms with E-state index in [9.17, 15) is 14.4 Å². The fourth-order valence-corrected chi connectivity index (χ4v) is 2.41. The minimum absolute atomic E-state index is 0.172. The number of methoxy groups -OCH3 is 1. The van der Waals surface area contributed by atoms with Gasteiger partial charge in [-0.2, -0.15) is 0 Å². The number of carbonyl (C=O) groups excluding carboxylic acids is 3. The molecule has 0 aliphatic rings. The zero-order valence-electron chi connectivity index (χ0n) is 15.4. The molecular formula is C19H20BrN3O5. The van der Waals surface area contributed by atoms with Crippen molar-refractivity contribution >= 4 is 39.3 Å². The molecule has 0 fully saturated rings. The summed E-state index contributed by atoms with van der Waals surface area (Å²) >= 11 is 3.32. The monoisotopic (exact) mass is 449 g/mol. The molecule has 0 aliphatic carbocycles. The molecule has 0 spiro atoms. The maximum atomic E-state index is 12.3. The van der Waals surface area contributed by atoms with Crippen molar-refractivity contribution < 1.29 is 23.9 Å². The molecule has 0 bridgehead atoms. The molecule has 0 saturated carbocycles. The summed E-state index contributed by atoms with van der Waals surface area (Å²) in [5.74, 6) is -0.456. The Hall–Kier alpha value is -3.07. The minimum Gasteiger partial charge on any atom is -0.493 e. The lowest BCUT2D eigenvalue weighted by Crippen LogP contribution is -2.32. The smallest absolute Gasteiger partial charge is 0.257 e. The second-order valence-electron chi connectivity index (χ2n) is 5.57. The SMILES string of the molecule is CNC(=O)COc1ccc(C(=O)NCC(=O)Nc2ccc(Br)cc2)cc1OC. The second kappa shape index (κ2) is 10.3. The van der Waals surface area contributed by atoms with Crippen molar-refractivity contribution in [1.29, 1.82) is 0 Å². The Bertz CT molecular complexity index is 855. The van der Waals surface area contributed by atoms with Crippen molar-refractivity contribution in [3.8, 4) is 11.5 Å². The van der Waals surface area contributed by atoms with E-state index in [-0.39, 0.29) is 25.0 Å². The Morgan fingerprint density at radius 3 is 2.36 bits per heavy atom. The van der Waals surface area contributed by atoms with Crippen LogP contribution in [-0.4, -0.2) is 45.0 Å². The largest absolute Gasteiger partial charge is 0.493 e. The van der Waals surface area contributed by atoms with Crippen molar-refractivity contribution in [2.24, 2.45) is 0 Å². The van der Waals surface area contributed by atoms with Gasteiger partial charge in [0.15, 0.2) is 18.1 Å². The van der Waals surface area contributed by atoms with Gasteiger partial charge in [-0.15, -0.1) is 0 Å². The molecule has 2 aromatic carbocycles. The molecule has 28 heavy (non-hydrogen) atoms. The van der Waals surface area contributed by atoms with Crippen molar-refractivity contribution in [2.45, 2.75) is 0 Å². The predicted octanol–water partition coefficient (Wildman–Crippen LogP) is 1.95. The number of likely N-dealkylation sites (N-methyl/N-ethyl adjacent to an activating group) is 1. The molecule has 2 rings (SSSR count). The van der Waals surface area contributed by atoms with Crippen LogP contribution in [0.5, 0.6) is 11.5 Å². The van der Waals surface area contributed by atoms with Crippen molar-refractivity contribution in [3.05, 3.63) is 52.5 Å². The van der Waals surface area contributed by atoms with Gasteiger partial charge in [-0.05, 0) is 42.5 Å². The first-order valence-corrected chi connectivity index (χ1v) is 9.07. The normalized spacial score (nSPS) is 9.96. The summed E-state index contributed by atoms with van der Waals surface area (Å²) in [6.07, 6.45) is 0. The quantitative estimate of drug-likeness (QED) is 0.570. The van der Waals surface area contributed by atoms with E-state index in [1.165, 1.54) is 32.4 Å². The van der Waals surface area contributed by atoms with E-state index in [0.29, 0.717) is 22.7 Å². The maximum Gasteiger partial charge on any atom is 0.257 e. The lowest BCUT2D eigenvalue weighted by atomic mass is 10.2. The van der Waals surface area contributed by atoms with Gasteiger partial charge >= 0.3 is 0 Å². The first-order valence-electron chi connectivity index (χ1n) is 8.28. The maximum absolute atomic E-state index is 12.3. The number of hydrogen-bond acceptors (Lipinski definition) is 5. The van der Waals surface area contributed by atoms with E-state index in [1.54, 1.807) is 24.3 Å². The summed E-state index contributed by atoms with van der Waals surface area (Å²) in [6.45, 7) is -0.360. The molecule has 0 aromatic heterocycles. The number of hydrogen-bond donors (Lipinski definition) is 3. The van der Waals surface area contributed by atoms with Crippen LogP contribution in [0.1, 0.15) is 10.4 Å². The zero-order valence-corrected chi connectivity index (χ0v) is 17.0. The summed E-state index contributed by atoms with van der Waals surface area (Å²) in [5, 5.41) is 7.66. The van der Waals surface area contributed by atoms with E-state index < -0.39 is 5.91 Å². The van der Waals surface area contributed by atoms with Crippen LogP contribution in [-0.2, 0) is 9.59 Å². The molecule has 148 valence electrons. The lowest BCUT2D eigenvalue weighted by Gasteiger charge is -2.12. The van der Waals surface area contributed by atoms with Crippen LogP contribution in [0.15, 0.2) is 46.9 Å². The van der Waals surface area contributed by atoms with Crippen LogP contribution in [0.25, 0.3) is 0 Å². The van der Waals surface area contributed by atoms with Crippen LogP contribution in [0.3, 0.4) is 0 Å². The highest BCUT2D eigenvalue weighted by atomic mass is 79.9. The average molecular weight is 450 g/mol. The molecule has 0 heterocycles. The highest BCUT2D eigenvalue weighted by Crippen LogP contribution is 2.28. The number of benzene rings is 2. The van der Waals surface area contributed by atoms with Crippen LogP contribution >= 0.6 is 15.9 Å². The highest BCUT2D eigenvalue weighted by molar-refractivity contribution is 9.10. The number of halogens is 1. The summed E-state index contributed by atoms with van der Waals surface area (Å²) < 4.78 is 11.4. The topological polar surface area (TPSA) is 106 Å². The first-order chi connectivity index (χ1) is 13.4. The number of anilines is 1. The molecular weight excluding hydrogens is 430 g/mol. The van der Waals surface area contributed by atoms with Crippen molar-refractivity contribution in [2.75, 3.05) is 32.6 Å². The predicted molar refractivity (Wildman–Crippen MR) is 108 cm³/mol. The summed E-state index contributed by atoms with van der Waals surface area (Å²) in [7, 11) is 2.93. The van der Waals surface area contributed by atoms with E-state index in [4.69, 9.17) is 9.47 Å². The van der Waals surface area contributed by atoms with Gasteiger partial charge in [-0.25, -0.2) is 0 Å². The van der Waals surface area contributed by atoms with Gasteiger partial charge in [0.2, 0.25) is 5.91 Å². The number of amides is 3. The Morgan fingerprint density at radius 2 is 1.71 bits per heavy atom. The van der Waals surface area contributed by atoms with Gasteiger partial charge < -0.3 is 25.4 Å². The zero-order chi connectivity index (χ0) is 20.5. The highest BCUT2D eigenvalue weighted by Gasteiger charge is 2.13. The number of carbonyl (C=O) groups is 3. The van der Waals surface area contributed by atoms with Crippen LogP contribution < -0.4 is 25.4 Å². The average Bonchev–Trinajstić information content (AvgIpc) is 2.71. The Balaban J connectivity index is 1.93. The molecule has 9 heteroatoms. The van der Waals surface area contributed by atoms with Crippen LogP contribution in [0.4, 0.5) is 5.69 Å². The van der Waals surface area contributed by atoms with Gasteiger partial charge in [0.1, 0.15) is 0 Å². The lowest BCUT2D eigenvalue weighted by molar-refractivity contribution is -0.122. The fraction of sp³-hybridized carbons (Fsp3) is 0.211. The molecule has 0 radical (unpaired) electrons. The Morgan fingerprint density at radius 1 is 1.00 bits per heavy atom. The molecule has 0 atom stereocenters. The van der Waals surface area contributed by atoms with Crippen molar-refractivity contribution in [3.63, 3.8) is 0 Å². The first kappa shape index (κ1) is 21.2. The van der Waals surface area contributed by atoms with E-state index in [2.05, 4.69) is 31.9 Å². The van der Waals surface area contributed by atoms with E-state index >= 15 is 0 Å². The van der Waals surface area contributed by atoms with Gasteiger partial charge in [0, 0.05) is 22.8 Å². The molecule has 0 aliphatic heterocycles.